The van der Waals surface area contributed by atoms with Gasteiger partial charge in [-0.3, -0.25) is 4.79 Å². The Kier molecular flexibility index (Phi) is 4.00. The fraction of sp³-hybridized carbons (Fsp3) is 0.727. The third-order valence-corrected chi connectivity index (χ3v) is 2.41. The summed E-state index contributed by atoms with van der Waals surface area (Å²) in [5.41, 5.74) is 1.26. The second kappa shape index (κ2) is 5.05. The Morgan fingerprint density at radius 2 is 2.46 bits per heavy atom. The van der Waals surface area contributed by atoms with E-state index in [-0.39, 0.29) is 12.1 Å². The van der Waals surface area contributed by atoms with Crippen molar-refractivity contribution in [2.45, 2.75) is 52.1 Å². The Labute approximate surface area is 80.0 Å². The van der Waals surface area contributed by atoms with E-state index in [1.54, 1.807) is 0 Å². The molecule has 0 aliphatic heterocycles. The van der Waals surface area contributed by atoms with E-state index in [1.807, 2.05) is 13.8 Å². The van der Waals surface area contributed by atoms with Crippen LogP contribution in [0.2, 0.25) is 0 Å². The van der Waals surface area contributed by atoms with Crippen LogP contribution in [0.5, 0.6) is 0 Å². The maximum absolute atomic E-state index is 11.3. The van der Waals surface area contributed by atoms with Crippen molar-refractivity contribution in [2.75, 3.05) is 0 Å². The van der Waals surface area contributed by atoms with Crippen molar-refractivity contribution in [2.24, 2.45) is 0 Å². The number of rotatable bonds is 4. The minimum atomic E-state index is -0.0671. The molecular weight excluding hydrogens is 164 g/mol. The van der Waals surface area contributed by atoms with Crippen molar-refractivity contribution >= 4 is 5.97 Å². The normalized spacial score (nSPS) is 18.2. The van der Waals surface area contributed by atoms with E-state index >= 15 is 0 Å². The zero-order valence-corrected chi connectivity index (χ0v) is 8.51. The molecule has 1 unspecified atom stereocenters. The van der Waals surface area contributed by atoms with E-state index in [9.17, 15) is 4.79 Å². The summed E-state index contributed by atoms with van der Waals surface area (Å²) in [4.78, 5) is 11.3. The molecule has 2 heteroatoms. The van der Waals surface area contributed by atoms with Crippen LogP contribution in [0.4, 0.5) is 0 Å². The lowest BCUT2D eigenvalue weighted by Gasteiger charge is -2.10. The Morgan fingerprint density at radius 3 is 3.00 bits per heavy atom. The molecule has 0 N–H and O–H groups in total. The SMILES string of the molecule is CCC(C)OC(=O)CC1=CCCC1. The van der Waals surface area contributed by atoms with Gasteiger partial charge in [-0.25, -0.2) is 0 Å². The lowest BCUT2D eigenvalue weighted by molar-refractivity contribution is -0.147. The average molecular weight is 182 g/mol. The van der Waals surface area contributed by atoms with Crippen LogP contribution in [0.3, 0.4) is 0 Å². The van der Waals surface area contributed by atoms with Gasteiger partial charge in [0.25, 0.3) is 0 Å². The van der Waals surface area contributed by atoms with Crippen LogP contribution in [0.1, 0.15) is 46.0 Å². The number of allylic oxidation sites excluding steroid dienone is 1. The summed E-state index contributed by atoms with van der Waals surface area (Å²) in [6.07, 6.45) is 7.04. The van der Waals surface area contributed by atoms with Gasteiger partial charge in [-0.1, -0.05) is 18.6 Å². The van der Waals surface area contributed by atoms with Gasteiger partial charge >= 0.3 is 5.97 Å². The third-order valence-electron chi connectivity index (χ3n) is 2.41. The Balaban J connectivity index is 2.24. The van der Waals surface area contributed by atoms with Crippen molar-refractivity contribution in [3.63, 3.8) is 0 Å². The fourth-order valence-corrected chi connectivity index (χ4v) is 1.43. The Morgan fingerprint density at radius 1 is 1.69 bits per heavy atom. The van der Waals surface area contributed by atoms with E-state index < -0.39 is 0 Å². The molecule has 2 nitrogen and oxygen atoms in total. The molecule has 0 saturated carbocycles. The van der Waals surface area contributed by atoms with Crippen LogP contribution in [0, 0.1) is 0 Å². The molecule has 1 atom stereocenters. The van der Waals surface area contributed by atoms with E-state index in [0.29, 0.717) is 6.42 Å². The maximum Gasteiger partial charge on any atom is 0.310 e. The first-order valence-electron chi connectivity index (χ1n) is 5.09. The first-order chi connectivity index (χ1) is 6.22. The summed E-state index contributed by atoms with van der Waals surface area (Å²) in [5, 5.41) is 0. The number of carbonyl (C=O) groups excluding carboxylic acids is 1. The highest BCUT2D eigenvalue weighted by molar-refractivity contribution is 5.72. The minimum Gasteiger partial charge on any atom is -0.462 e. The number of hydrogen-bond acceptors (Lipinski definition) is 2. The van der Waals surface area contributed by atoms with Gasteiger partial charge in [-0.2, -0.15) is 0 Å². The maximum atomic E-state index is 11.3. The summed E-state index contributed by atoms with van der Waals surface area (Å²) < 4.78 is 5.18. The van der Waals surface area contributed by atoms with E-state index in [1.165, 1.54) is 12.0 Å². The van der Waals surface area contributed by atoms with Gasteiger partial charge in [-0.15, -0.1) is 0 Å². The highest BCUT2D eigenvalue weighted by Crippen LogP contribution is 2.21. The fourth-order valence-electron chi connectivity index (χ4n) is 1.43. The summed E-state index contributed by atoms with van der Waals surface area (Å²) in [6.45, 7) is 3.95. The van der Waals surface area contributed by atoms with Gasteiger partial charge in [0.05, 0.1) is 12.5 Å². The first-order valence-corrected chi connectivity index (χ1v) is 5.09. The highest BCUT2D eigenvalue weighted by atomic mass is 16.5. The quantitative estimate of drug-likeness (QED) is 0.493. The lowest BCUT2D eigenvalue weighted by atomic mass is 10.2. The highest BCUT2D eigenvalue weighted by Gasteiger charge is 2.12. The molecule has 1 aliphatic carbocycles. The molecule has 0 aromatic carbocycles. The van der Waals surface area contributed by atoms with Gasteiger partial charge in [0.1, 0.15) is 0 Å². The van der Waals surface area contributed by atoms with Crippen molar-refractivity contribution in [1.29, 1.82) is 0 Å². The van der Waals surface area contributed by atoms with Gasteiger partial charge in [0.2, 0.25) is 0 Å². The van der Waals surface area contributed by atoms with Crippen LogP contribution in [-0.4, -0.2) is 12.1 Å². The van der Waals surface area contributed by atoms with Gasteiger partial charge in [0.15, 0.2) is 0 Å². The molecule has 0 amide bonds. The second-order valence-corrected chi connectivity index (χ2v) is 3.64. The smallest absolute Gasteiger partial charge is 0.310 e. The minimum absolute atomic E-state index is 0.0644. The predicted molar refractivity (Wildman–Crippen MR) is 52.4 cm³/mol. The van der Waals surface area contributed by atoms with Crippen LogP contribution in [-0.2, 0) is 9.53 Å². The van der Waals surface area contributed by atoms with E-state index in [0.717, 1.165) is 19.3 Å². The number of esters is 1. The molecule has 0 aromatic rings. The average Bonchev–Trinajstić information content (AvgIpc) is 2.56. The van der Waals surface area contributed by atoms with Crippen LogP contribution < -0.4 is 0 Å². The molecule has 0 bridgehead atoms. The summed E-state index contributed by atoms with van der Waals surface area (Å²) in [6, 6.07) is 0. The monoisotopic (exact) mass is 182 g/mol. The largest absolute Gasteiger partial charge is 0.462 e. The summed E-state index contributed by atoms with van der Waals surface area (Å²) in [7, 11) is 0. The molecule has 74 valence electrons. The molecule has 0 aromatic heterocycles. The van der Waals surface area contributed by atoms with Crippen molar-refractivity contribution < 1.29 is 9.53 Å². The standard InChI is InChI=1S/C11H18O2/c1-3-9(2)13-11(12)8-10-6-4-5-7-10/h6,9H,3-5,7-8H2,1-2H3. The zero-order chi connectivity index (χ0) is 9.68. The molecule has 0 heterocycles. The number of carbonyl (C=O) groups is 1. The van der Waals surface area contributed by atoms with Crippen molar-refractivity contribution in [3.05, 3.63) is 11.6 Å². The van der Waals surface area contributed by atoms with Gasteiger partial charge < -0.3 is 4.74 Å². The first kappa shape index (κ1) is 10.3. The zero-order valence-electron chi connectivity index (χ0n) is 8.51. The molecular formula is C11H18O2. The third kappa shape index (κ3) is 3.62. The molecule has 1 aliphatic rings. The summed E-state index contributed by atoms with van der Waals surface area (Å²) in [5.74, 6) is -0.0671. The van der Waals surface area contributed by atoms with E-state index in [2.05, 4.69) is 6.08 Å². The van der Waals surface area contributed by atoms with Crippen molar-refractivity contribution in [3.8, 4) is 0 Å². The van der Waals surface area contributed by atoms with Gasteiger partial charge in [0, 0.05) is 0 Å². The topological polar surface area (TPSA) is 26.3 Å². The molecule has 1 rings (SSSR count). The van der Waals surface area contributed by atoms with Crippen LogP contribution >= 0.6 is 0 Å². The summed E-state index contributed by atoms with van der Waals surface area (Å²) >= 11 is 0. The Hall–Kier alpha value is -0.790. The van der Waals surface area contributed by atoms with Crippen molar-refractivity contribution in [1.82, 2.24) is 0 Å². The predicted octanol–water partition coefficient (Wildman–Crippen LogP) is 2.83. The van der Waals surface area contributed by atoms with Crippen LogP contribution in [0.25, 0.3) is 0 Å². The molecule has 13 heavy (non-hydrogen) atoms. The number of hydrogen-bond donors (Lipinski definition) is 0. The van der Waals surface area contributed by atoms with E-state index in [4.69, 9.17) is 4.74 Å². The molecule has 0 fully saturated rings. The molecule has 0 saturated heterocycles. The van der Waals surface area contributed by atoms with Gasteiger partial charge in [-0.05, 0) is 32.6 Å². The van der Waals surface area contributed by atoms with Crippen LogP contribution in [0.15, 0.2) is 11.6 Å². The molecule has 0 radical (unpaired) electrons. The Bertz CT molecular complexity index is 206. The lowest BCUT2D eigenvalue weighted by Crippen LogP contribution is -2.13. The number of ether oxygens (including phenoxy) is 1. The second-order valence-electron chi connectivity index (χ2n) is 3.64. The molecule has 0 spiro atoms.